The van der Waals surface area contributed by atoms with E-state index in [1.54, 1.807) is 26.0 Å². The lowest BCUT2D eigenvalue weighted by Crippen LogP contribution is -2.15. The molecule has 0 bridgehead atoms. The van der Waals surface area contributed by atoms with Crippen LogP contribution >= 0.6 is 0 Å². The van der Waals surface area contributed by atoms with Crippen LogP contribution in [0.25, 0.3) is 11.1 Å². The van der Waals surface area contributed by atoms with Gasteiger partial charge in [-0.15, -0.1) is 0 Å². The van der Waals surface area contributed by atoms with Crippen molar-refractivity contribution in [2.45, 2.75) is 32.3 Å². The number of hydrogen-bond acceptors (Lipinski definition) is 3. The Balaban J connectivity index is 2.04. The van der Waals surface area contributed by atoms with Gasteiger partial charge in [-0.3, -0.25) is 4.79 Å². The highest BCUT2D eigenvalue weighted by atomic mass is 16.3. The Morgan fingerprint density at radius 3 is 2.33 bits per heavy atom. The van der Waals surface area contributed by atoms with Crippen molar-refractivity contribution < 1.29 is 15.0 Å². The average molecular weight is 282 g/mol. The molecule has 0 spiro atoms. The van der Waals surface area contributed by atoms with E-state index >= 15 is 0 Å². The van der Waals surface area contributed by atoms with Crippen LogP contribution in [0.4, 0.5) is 0 Å². The highest BCUT2D eigenvalue weighted by Crippen LogP contribution is 2.34. The molecular weight excluding hydrogens is 264 g/mol. The number of aliphatic hydroxyl groups is 1. The zero-order valence-corrected chi connectivity index (χ0v) is 12.2. The molecule has 0 fully saturated rings. The summed E-state index contributed by atoms with van der Waals surface area (Å²) in [6.45, 7) is 3.27. The van der Waals surface area contributed by atoms with Crippen molar-refractivity contribution in [3.05, 3.63) is 53.1 Å². The van der Waals surface area contributed by atoms with Crippen LogP contribution in [0.3, 0.4) is 0 Å². The second-order valence-electron chi connectivity index (χ2n) is 6.09. The van der Waals surface area contributed by atoms with Gasteiger partial charge in [-0.1, -0.05) is 24.3 Å². The highest BCUT2D eigenvalue weighted by Gasteiger charge is 2.22. The summed E-state index contributed by atoms with van der Waals surface area (Å²) in [7, 11) is 0. The molecular formula is C18H18O3. The number of phenols is 1. The maximum absolute atomic E-state index is 11.8. The van der Waals surface area contributed by atoms with Crippen LogP contribution in [-0.2, 0) is 12.0 Å². The molecule has 108 valence electrons. The zero-order valence-electron chi connectivity index (χ0n) is 12.2. The summed E-state index contributed by atoms with van der Waals surface area (Å²) in [5, 5.41) is 20.1. The van der Waals surface area contributed by atoms with Gasteiger partial charge >= 0.3 is 0 Å². The summed E-state index contributed by atoms with van der Waals surface area (Å²) in [4.78, 5) is 11.8. The van der Waals surface area contributed by atoms with Gasteiger partial charge in [-0.2, -0.15) is 0 Å². The van der Waals surface area contributed by atoms with E-state index in [0.29, 0.717) is 12.0 Å². The van der Waals surface area contributed by atoms with Crippen molar-refractivity contribution in [2.75, 3.05) is 0 Å². The van der Waals surface area contributed by atoms with Gasteiger partial charge in [-0.25, -0.2) is 0 Å². The van der Waals surface area contributed by atoms with Crippen LogP contribution in [0.1, 0.15) is 41.8 Å². The molecule has 3 nitrogen and oxygen atoms in total. The molecule has 3 heteroatoms. The summed E-state index contributed by atoms with van der Waals surface area (Å²) in [6, 6.07) is 11.1. The molecule has 2 N–H and O–H groups in total. The van der Waals surface area contributed by atoms with Gasteiger partial charge in [0.1, 0.15) is 5.75 Å². The van der Waals surface area contributed by atoms with Gasteiger partial charge in [0.15, 0.2) is 5.78 Å². The van der Waals surface area contributed by atoms with E-state index in [4.69, 9.17) is 0 Å². The monoisotopic (exact) mass is 282 g/mol. The number of benzene rings is 2. The van der Waals surface area contributed by atoms with Crippen molar-refractivity contribution in [1.29, 1.82) is 0 Å². The van der Waals surface area contributed by atoms with Crippen molar-refractivity contribution in [1.82, 2.24) is 0 Å². The van der Waals surface area contributed by atoms with Crippen LogP contribution in [0.5, 0.6) is 5.75 Å². The summed E-state index contributed by atoms with van der Waals surface area (Å²) in [6.07, 6.45) is 1.40. The Kier molecular flexibility index (Phi) is 3.10. The molecule has 0 saturated heterocycles. The van der Waals surface area contributed by atoms with Crippen LogP contribution < -0.4 is 0 Å². The lowest BCUT2D eigenvalue weighted by atomic mass is 9.93. The second kappa shape index (κ2) is 4.71. The Bertz CT molecular complexity index is 724. The topological polar surface area (TPSA) is 57.5 Å². The van der Waals surface area contributed by atoms with Crippen molar-refractivity contribution >= 4 is 5.78 Å². The second-order valence-corrected chi connectivity index (χ2v) is 6.09. The van der Waals surface area contributed by atoms with E-state index in [0.717, 1.165) is 28.7 Å². The molecule has 0 aliphatic heterocycles. The summed E-state index contributed by atoms with van der Waals surface area (Å²) in [5.41, 5.74) is 3.03. The minimum absolute atomic E-state index is 0.0619. The molecule has 1 aliphatic carbocycles. The van der Waals surface area contributed by atoms with Crippen LogP contribution in [0.15, 0.2) is 36.4 Å². The number of aromatic hydroxyl groups is 1. The number of carbonyl (C=O) groups is 1. The first-order chi connectivity index (χ1) is 9.86. The molecule has 2 aromatic rings. The van der Waals surface area contributed by atoms with E-state index in [9.17, 15) is 15.0 Å². The van der Waals surface area contributed by atoms with E-state index in [-0.39, 0.29) is 11.5 Å². The molecule has 0 heterocycles. The van der Waals surface area contributed by atoms with Gasteiger partial charge in [0.05, 0.1) is 5.60 Å². The third kappa shape index (κ3) is 2.45. The quantitative estimate of drug-likeness (QED) is 0.887. The zero-order chi connectivity index (χ0) is 15.2. The van der Waals surface area contributed by atoms with Crippen LogP contribution in [0.2, 0.25) is 0 Å². The number of aryl methyl sites for hydroxylation is 1. The number of carbonyl (C=O) groups excluding carboxylic acids is 1. The maximum Gasteiger partial charge on any atom is 0.163 e. The SMILES string of the molecule is CC(C)(O)c1ccc(-c2ccc3c(c2)C(=O)CC3)cc1O. The minimum atomic E-state index is -1.09. The molecule has 0 radical (unpaired) electrons. The largest absolute Gasteiger partial charge is 0.508 e. The fraction of sp³-hybridized carbons (Fsp3) is 0.278. The number of phenolic OH excluding ortho intramolecular Hbond substituents is 1. The molecule has 0 amide bonds. The molecule has 3 rings (SSSR count). The molecule has 0 atom stereocenters. The predicted octanol–water partition coefficient (Wildman–Crippen LogP) is 3.42. The van der Waals surface area contributed by atoms with Crippen molar-refractivity contribution in [3.63, 3.8) is 0 Å². The molecule has 1 aliphatic rings. The van der Waals surface area contributed by atoms with Crippen LogP contribution in [-0.4, -0.2) is 16.0 Å². The van der Waals surface area contributed by atoms with Gasteiger partial charge < -0.3 is 10.2 Å². The number of hydrogen-bond donors (Lipinski definition) is 2. The molecule has 0 saturated carbocycles. The Labute approximate surface area is 123 Å². The van der Waals surface area contributed by atoms with Gasteiger partial charge in [0, 0.05) is 17.5 Å². The standard InChI is InChI=1S/C18H18O3/c1-18(2,21)15-7-5-13(10-17(15)20)12-4-3-11-6-8-16(19)14(11)9-12/h3-5,7,9-10,20-21H,6,8H2,1-2H3. The number of ketones is 1. The van der Waals surface area contributed by atoms with Crippen molar-refractivity contribution in [2.24, 2.45) is 0 Å². The number of fused-ring (bicyclic) bond motifs is 1. The Hall–Kier alpha value is -2.13. The first-order valence-electron chi connectivity index (χ1n) is 7.08. The third-order valence-corrected chi connectivity index (χ3v) is 4.02. The molecule has 0 aromatic heterocycles. The summed E-state index contributed by atoms with van der Waals surface area (Å²) in [5.74, 6) is 0.246. The van der Waals surface area contributed by atoms with E-state index in [2.05, 4.69) is 0 Å². The van der Waals surface area contributed by atoms with Gasteiger partial charge in [0.2, 0.25) is 0 Å². The fourth-order valence-electron chi connectivity index (χ4n) is 2.85. The van der Waals surface area contributed by atoms with Gasteiger partial charge in [-0.05, 0) is 49.1 Å². The van der Waals surface area contributed by atoms with E-state index in [1.165, 1.54) is 0 Å². The molecule has 2 aromatic carbocycles. The van der Waals surface area contributed by atoms with Crippen molar-refractivity contribution in [3.8, 4) is 16.9 Å². The highest BCUT2D eigenvalue weighted by molar-refractivity contribution is 6.01. The van der Waals surface area contributed by atoms with E-state index < -0.39 is 5.60 Å². The fourth-order valence-corrected chi connectivity index (χ4v) is 2.85. The number of rotatable bonds is 2. The molecule has 0 unspecified atom stereocenters. The van der Waals surface area contributed by atoms with Gasteiger partial charge in [0.25, 0.3) is 0 Å². The van der Waals surface area contributed by atoms with Crippen LogP contribution in [0, 0.1) is 0 Å². The lowest BCUT2D eigenvalue weighted by Gasteiger charge is -2.19. The normalized spacial score (nSPS) is 14.3. The smallest absolute Gasteiger partial charge is 0.163 e. The minimum Gasteiger partial charge on any atom is -0.508 e. The number of Topliss-reactive ketones (excluding diaryl/α,β-unsaturated/α-hetero) is 1. The van der Waals surface area contributed by atoms with E-state index in [1.807, 2.05) is 24.3 Å². The molecule has 21 heavy (non-hydrogen) atoms. The first-order valence-corrected chi connectivity index (χ1v) is 7.08. The Morgan fingerprint density at radius 1 is 1.00 bits per heavy atom. The lowest BCUT2D eigenvalue weighted by molar-refractivity contribution is 0.0758. The predicted molar refractivity (Wildman–Crippen MR) is 81.4 cm³/mol. The summed E-state index contributed by atoms with van der Waals surface area (Å²) < 4.78 is 0. The third-order valence-electron chi connectivity index (χ3n) is 4.02. The summed E-state index contributed by atoms with van der Waals surface area (Å²) >= 11 is 0. The maximum atomic E-state index is 11.8. The first kappa shape index (κ1) is 13.8. The Morgan fingerprint density at radius 2 is 1.67 bits per heavy atom. The average Bonchev–Trinajstić information content (AvgIpc) is 2.78.